The molecule has 0 aliphatic heterocycles. The predicted octanol–water partition coefficient (Wildman–Crippen LogP) is 1.98. The summed E-state index contributed by atoms with van der Waals surface area (Å²) in [7, 11) is 2.49. The van der Waals surface area contributed by atoms with E-state index in [1.54, 1.807) is 6.08 Å². The van der Waals surface area contributed by atoms with Gasteiger partial charge in [0.05, 0.1) is 14.2 Å². The molecule has 1 aromatic heterocycles. The van der Waals surface area contributed by atoms with Gasteiger partial charge in [0.2, 0.25) is 0 Å². The molecule has 1 rings (SSSR count). The Hall–Kier alpha value is -1.62. The van der Waals surface area contributed by atoms with E-state index in [9.17, 15) is 9.59 Å². The molecule has 1 atom stereocenters. The van der Waals surface area contributed by atoms with Gasteiger partial charge in [-0.15, -0.1) is 17.9 Å². The van der Waals surface area contributed by atoms with Crippen LogP contribution in [-0.4, -0.2) is 26.2 Å². The van der Waals surface area contributed by atoms with Gasteiger partial charge in [0.1, 0.15) is 0 Å². The van der Waals surface area contributed by atoms with E-state index in [1.807, 2.05) is 17.5 Å². The smallest absolute Gasteiger partial charge is 0.321 e. The fourth-order valence-corrected chi connectivity index (χ4v) is 2.40. The largest absolute Gasteiger partial charge is 0.468 e. The van der Waals surface area contributed by atoms with Crippen molar-refractivity contribution in [1.82, 2.24) is 0 Å². The summed E-state index contributed by atoms with van der Waals surface area (Å²) in [6, 6.07) is 3.69. The van der Waals surface area contributed by atoms with Gasteiger partial charge in [-0.25, -0.2) is 0 Å². The number of hydrogen-bond donors (Lipinski definition) is 0. The van der Waals surface area contributed by atoms with E-state index in [0.717, 1.165) is 4.88 Å². The number of hydrogen-bond acceptors (Lipinski definition) is 5. The predicted molar refractivity (Wildman–Crippen MR) is 64.8 cm³/mol. The number of carbonyl (C=O) groups is 2. The van der Waals surface area contributed by atoms with Crippen LogP contribution in [0.2, 0.25) is 0 Å². The van der Waals surface area contributed by atoms with Crippen LogP contribution >= 0.6 is 11.3 Å². The Balaban J connectivity index is 3.06. The van der Waals surface area contributed by atoms with Gasteiger partial charge >= 0.3 is 11.9 Å². The summed E-state index contributed by atoms with van der Waals surface area (Å²) in [5.41, 5.74) is 0. The maximum Gasteiger partial charge on any atom is 0.321 e. The Morgan fingerprint density at radius 3 is 2.29 bits per heavy atom. The van der Waals surface area contributed by atoms with Crippen molar-refractivity contribution in [2.24, 2.45) is 5.92 Å². The number of esters is 2. The molecule has 0 aromatic carbocycles. The lowest BCUT2D eigenvalue weighted by molar-refractivity contribution is -0.159. The highest BCUT2D eigenvalue weighted by Gasteiger charge is 2.36. The second-order valence-corrected chi connectivity index (χ2v) is 4.28. The van der Waals surface area contributed by atoms with Crippen molar-refractivity contribution in [3.63, 3.8) is 0 Å². The molecule has 0 N–H and O–H groups in total. The van der Waals surface area contributed by atoms with Gasteiger partial charge in [0.15, 0.2) is 5.92 Å². The first-order chi connectivity index (χ1) is 8.15. The molecule has 0 saturated carbocycles. The van der Waals surface area contributed by atoms with Crippen molar-refractivity contribution in [2.75, 3.05) is 14.2 Å². The van der Waals surface area contributed by atoms with Gasteiger partial charge in [-0.2, -0.15) is 0 Å². The van der Waals surface area contributed by atoms with Gasteiger partial charge in [0, 0.05) is 10.8 Å². The monoisotopic (exact) mass is 254 g/mol. The zero-order chi connectivity index (χ0) is 12.8. The molecule has 0 fully saturated rings. The average Bonchev–Trinajstić information content (AvgIpc) is 2.87. The minimum absolute atomic E-state index is 0.421. The lowest BCUT2D eigenvalue weighted by Gasteiger charge is -2.19. The molecule has 0 aliphatic rings. The van der Waals surface area contributed by atoms with Crippen LogP contribution in [0.5, 0.6) is 0 Å². The maximum absolute atomic E-state index is 11.6. The van der Waals surface area contributed by atoms with Crippen LogP contribution in [0.25, 0.3) is 0 Å². The third-order valence-electron chi connectivity index (χ3n) is 2.40. The molecule has 0 spiro atoms. The number of ether oxygens (including phenoxy) is 2. The van der Waals surface area contributed by atoms with Crippen LogP contribution in [0.1, 0.15) is 10.8 Å². The van der Waals surface area contributed by atoms with Gasteiger partial charge in [-0.05, 0) is 11.4 Å². The highest BCUT2D eigenvalue weighted by Crippen LogP contribution is 2.31. The summed E-state index contributed by atoms with van der Waals surface area (Å²) >= 11 is 1.45. The van der Waals surface area contributed by atoms with Crippen molar-refractivity contribution in [2.45, 2.75) is 5.92 Å². The lowest BCUT2D eigenvalue weighted by atomic mass is 9.91. The molecule has 0 unspecified atom stereocenters. The van der Waals surface area contributed by atoms with Crippen molar-refractivity contribution in [3.05, 3.63) is 35.0 Å². The van der Waals surface area contributed by atoms with Crippen molar-refractivity contribution in [1.29, 1.82) is 0 Å². The summed E-state index contributed by atoms with van der Waals surface area (Å²) in [5.74, 6) is -2.65. The minimum Gasteiger partial charge on any atom is -0.468 e. The summed E-state index contributed by atoms with van der Waals surface area (Å²) < 4.78 is 9.27. The van der Waals surface area contributed by atoms with Crippen LogP contribution in [0.4, 0.5) is 0 Å². The van der Waals surface area contributed by atoms with E-state index >= 15 is 0 Å². The first kappa shape index (κ1) is 13.4. The molecule has 0 radical (unpaired) electrons. The van der Waals surface area contributed by atoms with Gasteiger partial charge in [0.25, 0.3) is 0 Å². The standard InChI is InChI=1S/C12H14O4S/c1-4-8(9-6-5-7-17-9)10(11(13)15-2)12(14)16-3/h4-8,10H,1H2,2-3H3/t8-/m1/s1. The molecular formula is C12H14O4S. The average molecular weight is 254 g/mol. The van der Waals surface area contributed by atoms with E-state index in [2.05, 4.69) is 16.1 Å². The van der Waals surface area contributed by atoms with Crippen LogP contribution in [-0.2, 0) is 19.1 Å². The Labute approximate surface area is 104 Å². The van der Waals surface area contributed by atoms with Crippen molar-refractivity contribution >= 4 is 23.3 Å². The number of carbonyl (C=O) groups excluding carboxylic acids is 2. The van der Waals surface area contributed by atoms with E-state index in [1.165, 1.54) is 25.6 Å². The molecule has 1 heterocycles. The molecule has 5 heteroatoms. The Morgan fingerprint density at radius 1 is 1.35 bits per heavy atom. The molecule has 4 nitrogen and oxygen atoms in total. The third-order valence-corrected chi connectivity index (χ3v) is 3.37. The Morgan fingerprint density at radius 2 is 1.94 bits per heavy atom. The van der Waals surface area contributed by atoms with Crippen LogP contribution in [0, 0.1) is 5.92 Å². The van der Waals surface area contributed by atoms with E-state index < -0.39 is 23.8 Å². The number of methoxy groups -OCH3 is 2. The molecular weight excluding hydrogens is 240 g/mol. The quantitative estimate of drug-likeness (QED) is 0.458. The second kappa shape index (κ2) is 6.20. The highest BCUT2D eigenvalue weighted by molar-refractivity contribution is 7.10. The van der Waals surface area contributed by atoms with Gasteiger partial charge in [-0.1, -0.05) is 12.1 Å². The zero-order valence-corrected chi connectivity index (χ0v) is 10.5. The highest BCUT2D eigenvalue weighted by atomic mass is 32.1. The van der Waals surface area contributed by atoms with E-state index in [4.69, 9.17) is 0 Å². The summed E-state index contributed by atoms with van der Waals surface area (Å²) in [5, 5.41) is 1.87. The number of thiophene rings is 1. The Kier molecular flexibility index (Phi) is 4.90. The van der Waals surface area contributed by atoms with Gasteiger partial charge < -0.3 is 9.47 Å². The van der Waals surface area contributed by atoms with Crippen molar-refractivity contribution in [3.8, 4) is 0 Å². The second-order valence-electron chi connectivity index (χ2n) is 3.30. The lowest BCUT2D eigenvalue weighted by Crippen LogP contribution is -2.31. The molecule has 17 heavy (non-hydrogen) atoms. The van der Waals surface area contributed by atoms with E-state index in [0.29, 0.717) is 0 Å². The normalized spacial score (nSPS) is 11.9. The molecule has 0 aliphatic carbocycles. The van der Waals surface area contributed by atoms with Crippen molar-refractivity contribution < 1.29 is 19.1 Å². The van der Waals surface area contributed by atoms with Gasteiger partial charge in [-0.3, -0.25) is 9.59 Å². The summed E-state index contributed by atoms with van der Waals surface area (Å²) in [4.78, 5) is 24.2. The van der Waals surface area contributed by atoms with E-state index in [-0.39, 0.29) is 0 Å². The first-order valence-electron chi connectivity index (χ1n) is 4.97. The number of rotatable bonds is 5. The summed E-state index contributed by atoms with van der Waals surface area (Å²) in [6.07, 6.45) is 1.56. The minimum atomic E-state index is -0.999. The molecule has 0 amide bonds. The fraction of sp³-hybridized carbons (Fsp3) is 0.333. The molecule has 1 aromatic rings. The molecule has 0 saturated heterocycles. The number of allylic oxidation sites excluding steroid dienone is 1. The van der Waals surface area contributed by atoms with Crippen LogP contribution < -0.4 is 0 Å². The Bertz CT molecular complexity index is 381. The van der Waals surface area contributed by atoms with Crippen LogP contribution in [0.3, 0.4) is 0 Å². The molecule has 0 bridgehead atoms. The fourth-order valence-electron chi connectivity index (χ4n) is 1.54. The molecule has 92 valence electrons. The first-order valence-corrected chi connectivity index (χ1v) is 5.85. The summed E-state index contributed by atoms with van der Waals surface area (Å²) in [6.45, 7) is 3.66. The SMILES string of the molecule is C=C[C@H](c1cccs1)C(C(=O)OC)C(=O)OC. The maximum atomic E-state index is 11.6. The third kappa shape index (κ3) is 2.94. The zero-order valence-electron chi connectivity index (χ0n) is 9.71. The van der Waals surface area contributed by atoms with Crippen LogP contribution in [0.15, 0.2) is 30.2 Å². The topological polar surface area (TPSA) is 52.6 Å².